The fourth-order valence-electron chi connectivity index (χ4n) is 6.11. The number of anilines is 1. The molecule has 3 aromatic carbocycles. The molecular formula is C30H28N4O4. The minimum Gasteiger partial charge on any atom is -0.461 e. The van der Waals surface area contributed by atoms with Crippen LogP contribution in [-0.4, -0.2) is 59.2 Å². The molecule has 8 heteroatoms. The van der Waals surface area contributed by atoms with E-state index >= 15 is 0 Å². The molecular weight excluding hydrogens is 480 g/mol. The number of amides is 2. The fourth-order valence-corrected chi connectivity index (χ4v) is 6.11. The van der Waals surface area contributed by atoms with Crippen molar-refractivity contribution in [2.24, 2.45) is 5.10 Å². The normalized spacial score (nSPS) is 23.9. The van der Waals surface area contributed by atoms with E-state index in [1.54, 1.807) is 40.9 Å². The minimum absolute atomic E-state index is 0.147. The molecule has 38 heavy (non-hydrogen) atoms. The van der Waals surface area contributed by atoms with Gasteiger partial charge >= 0.3 is 5.97 Å². The van der Waals surface area contributed by atoms with Crippen LogP contribution in [-0.2, 0) is 26.3 Å². The van der Waals surface area contributed by atoms with Gasteiger partial charge in [0.1, 0.15) is 23.5 Å². The van der Waals surface area contributed by atoms with Crippen molar-refractivity contribution in [1.29, 1.82) is 0 Å². The van der Waals surface area contributed by atoms with Crippen molar-refractivity contribution in [3.8, 4) is 0 Å². The maximum Gasteiger partial charge on any atom is 0.354 e. The molecule has 0 unspecified atom stereocenters. The number of fused-ring (bicyclic) bond motifs is 5. The lowest BCUT2D eigenvalue weighted by molar-refractivity contribution is -0.135. The van der Waals surface area contributed by atoms with Crippen molar-refractivity contribution in [2.45, 2.75) is 37.5 Å². The molecule has 0 aromatic heterocycles. The number of hydrogen-bond donors (Lipinski definition) is 0. The molecule has 0 bridgehead atoms. The molecule has 3 atom stereocenters. The van der Waals surface area contributed by atoms with Gasteiger partial charge in [-0.05, 0) is 30.2 Å². The second-order valence-corrected chi connectivity index (χ2v) is 9.80. The molecule has 3 heterocycles. The van der Waals surface area contributed by atoms with Gasteiger partial charge in [-0.15, -0.1) is 0 Å². The molecule has 0 aliphatic carbocycles. The number of rotatable bonds is 5. The number of hydrogen-bond acceptors (Lipinski definition) is 6. The van der Waals surface area contributed by atoms with E-state index in [1.165, 1.54) is 0 Å². The highest BCUT2D eigenvalue weighted by atomic mass is 16.5. The second-order valence-electron chi connectivity index (χ2n) is 9.80. The summed E-state index contributed by atoms with van der Waals surface area (Å²) in [6.07, 6.45) is -0.166. The van der Waals surface area contributed by atoms with Crippen molar-refractivity contribution >= 4 is 29.2 Å². The molecule has 1 fully saturated rings. The topological polar surface area (TPSA) is 82.5 Å². The van der Waals surface area contributed by atoms with Crippen LogP contribution in [0.1, 0.15) is 34.8 Å². The Morgan fingerprint density at radius 2 is 1.63 bits per heavy atom. The van der Waals surface area contributed by atoms with Gasteiger partial charge in [-0.1, -0.05) is 72.8 Å². The Hall–Kier alpha value is -4.46. The van der Waals surface area contributed by atoms with Crippen molar-refractivity contribution in [3.05, 3.63) is 102 Å². The van der Waals surface area contributed by atoms with Gasteiger partial charge in [-0.3, -0.25) is 9.59 Å². The summed E-state index contributed by atoms with van der Waals surface area (Å²) < 4.78 is 5.36. The number of nitrogens with zero attached hydrogens (tertiary/aromatic N) is 4. The van der Waals surface area contributed by atoms with E-state index in [-0.39, 0.29) is 30.6 Å². The Morgan fingerprint density at radius 1 is 0.974 bits per heavy atom. The van der Waals surface area contributed by atoms with Crippen LogP contribution in [0.2, 0.25) is 0 Å². The Bertz CT molecular complexity index is 1440. The summed E-state index contributed by atoms with van der Waals surface area (Å²) in [6.45, 7) is 1.98. The third-order valence-corrected chi connectivity index (χ3v) is 7.72. The van der Waals surface area contributed by atoms with E-state index in [2.05, 4.69) is 0 Å². The Balaban J connectivity index is 1.60. The number of likely N-dealkylation sites (N-methyl/N-ethyl adjacent to an activating group) is 1. The van der Waals surface area contributed by atoms with E-state index in [1.807, 2.05) is 72.8 Å². The Labute approximate surface area is 221 Å². The van der Waals surface area contributed by atoms with Gasteiger partial charge in [0.05, 0.1) is 17.9 Å². The summed E-state index contributed by atoms with van der Waals surface area (Å²) >= 11 is 0. The molecule has 3 aromatic rings. The summed E-state index contributed by atoms with van der Waals surface area (Å²) in [6, 6.07) is 26.0. The number of carbonyl (C=O) groups excluding carboxylic acids is 3. The number of benzene rings is 3. The summed E-state index contributed by atoms with van der Waals surface area (Å²) in [5, 5.41) is 6.58. The summed E-state index contributed by atoms with van der Waals surface area (Å²) in [5.41, 5.74) is 2.06. The number of carbonyl (C=O) groups is 3. The standard InChI is InChI=1S/C30H28N4O4/c1-3-38-28(37)23-19-30(21-14-8-5-9-15-21)29-32(2)27(36)25(18-20-12-6-4-7-13-20)33(29)26(35)22-16-10-11-17-24(22)34(30)31-23/h4-17,25,29H,3,18-19H2,1-2H3/t25-,29+,30-/m0/s1. The molecule has 1 saturated heterocycles. The van der Waals surface area contributed by atoms with Gasteiger partial charge in [-0.2, -0.15) is 5.10 Å². The monoisotopic (exact) mass is 508 g/mol. The van der Waals surface area contributed by atoms with Gasteiger partial charge in [0.15, 0.2) is 0 Å². The molecule has 3 aliphatic heterocycles. The number of hydrazone groups is 1. The maximum atomic E-state index is 14.3. The highest BCUT2D eigenvalue weighted by molar-refractivity contribution is 6.37. The van der Waals surface area contributed by atoms with Crippen LogP contribution in [0.15, 0.2) is 90.0 Å². The number of ether oxygens (including phenoxy) is 1. The minimum atomic E-state index is -1.04. The van der Waals surface area contributed by atoms with Crippen LogP contribution >= 0.6 is 0 Å². The predicted octanol–water partition coefficient (Wildman–Crippen LogP) is 3.58. The maximum absolute atomic E-state index is 14.3. The quantitative estimate of drug-likeness (QED) is 0.492. The predicted molar refractivity (Wildman–Crippen MR) is 142 cm³/mol. The summed E-state index contributed by atoms with van der Waals surface area (Å²) in [5.74, 6) is -0.882. The van der Waals surface area contributed by atoms with Crippen LogP contribution in [0.4, 0.5) is 5.69 Å². The first-order chi connectivity index (χ1) is 18.5. The third-order valence-electron chi connectivity index (χ3n) is 7.72. The summed E-state index contributed by atoms with van der Waals surface area (Å²) in [7, 11) is 1.74. The van der Waals surface area contributed by atoms with E-state index in [9.17, 15) is 14.4 Å². The van der Waals surface area contributed by atoms with Crippen LogP contribution < -0.4 is 5.01 Å². The van der Waals surface area contributed by atoms with Gasteiger partial charge in [0, 0.05) is 19.9 Å². The Kier molecular flexibility index (Phi) is 5.75. The van der Waals surface area contributed by atoms with Crippen molar-refractivity contribution in [1.82, 2.24) is 9.80 Å². The lowest BCUT2D eigenvalue weighted by Gasteiger charge is -2.45. The lowest BCUT2D eigenvalue weighted by atomic mass is 9.81. The zero-order valence-electron chi connectivity index (χ0n) is 21.3. The molecule has 6 rings (SSSR count). The van der Waals surface area contributed by atoms with Gasteiger partial charge < -0.3 is 14.5 Å². The van der Waals surface area contributed by atoms with Crippen LogP contribution in [0.25, 0.3) is 0 Å². The van der Waals surface area contributed by atoms with Crippen LogP contribution in [0.5, 0.6) is 0 Å². The lowest BCUT2D eigenvalue weighted by Crippen LogP contribution is -2.60. The molecule has 192 valence electrons. The first-order valence-electron chi connectivity index (χ1n) is 12.8. The first kappa shape index (κ1) is 23.9. The smallest absolute Gasteiger partial charge is 0.354 e. The fraction of sp³-hybridized carbons (Fsp3) is 0.267. The average Bonchev–Trinajstić information content (AvgIpc) is 3.44. The molecule has 0 saturated carbocycles. The largest absolute Gasteiger partial charge is 0.461 e. The number of esters is 1. The average molecular weight is 509 g/mol. The SMILES string of the molecule is CCOC(=O)C1=NN2c3ccccc3C(=O)N3[C@@H](N(C)C(=O)[C@@H]3Cc3ccccc3)[C@@]2(c2ccccc2)C1. The van der Waals surface area contributed by atoms with E-state index in [4.69, 9.17) is 9.84 Å². The summed E-state index contributed by atoms with van der Waals surface area (Å²) in [4.78, 5) is 44.6. The second kappa shape index (κ2) is 9.13. The van der Waals surface area contributed by atoms with Gasteiger partial charge in [0.2, 0.25) is 5.91 Å². The van der Waals surface area contributed by atoms with Gasteiger partial charge in [-0.25, -0.2) is 9.80 Å². The molecule has 8 nitrogen and oxygen atoms in total. The third kappa shape index (κ3) is 3.44. The highest BCUT2D eigenvalue weighted by Gasteiger charge is 2.64. The zero-order valence-corrected chi connectivity index (χ0v) is 21.3. The number of para-hydroxylation sites is 1. The molecule has 2 amide bonds. The molecule has 0 radical (unpaired) electrons. The Morgan fingerprint density at radius 3 is 2.34 bits per heavy atom. The zero-order chi connectivity index (χ0) is 26.4. The van der Waals surface area contributed by atoms with Crippen LogP contribution in [0, 0.1) is 0 Å². The van der Waals surface area contributed by atoms with Gasteiger partial charge in [0.25, 0.3) is 5.91 Å². The van der Waals surface area contributed by atoms with Crippen molar-refractivity contribution < 1.29 is 19.1 Å². The molecule has 0 spiro atoms. The van der Waals surface area contributed by atoms with Crippen molar-refractivity contribution in [3.63, 3.8) is 0 Å². The van der Waals surface area contributed by atoms with E-state index < -0.39 is 23.7 Å². The highest BCUT2D eigenvalue weighted by Crippen LogP contribution is 2.52. The molecule has 3 aliphatic rings. The van der Waals surface area contributed by atoms with E-state index in [0.29, 0.717) is 17.7 Å². The molecule has 0 N–H and O–H groups in total. The first-order valence-corrected chi connectivity index (χ1v) is 12.8. The van der Waals surface area contributed by atoms with Crippen LogP contribution in [0.3, 0.4) is 0 Å². The van der Waals surface area contributed by atoms with E-state index in [0.717, 1.165) is 11.1 Å². The van der Waals surface area contributed by atoms with Crippen molar-refractivity contribution in [2.75, 3.05) is 18.7 Å².